The van der Waals surface area contributed by atoms with Gasteiger partial charge in [0.2, 0.25) is 0 Å². The van der Waals surface area contributed by atoms with Crippen molar-refractivity contribution in [2.24, 2.45) is 0 Å². The molecule has 0 spiro atoms. The number of ether oxygens (including phenoxy) is 2. The van der Waals surface area contributed by atoms with Gasteiger partial charge in [0, 0.05) is 5.41 Å². The lowest BCUT2D eigenvalue weighted by molar-refractivity contribution is 0.359. The molecule has 4 nitrogen and oxygen atoms in total. The summed E-state index contributed by atoms with van der Waals surface area (Å²) in [5.41, 5.74) is 9.13. The summed E-state index contributed by atoms with van der Waals surface area (Å²) in [7, 11) is 0. The van der Waals surface area contributed by atoms with Gasteiger partial charge in [-0.15, -0.1) is 0 Å². The number of hydrogen-bond donors (Lipinski definition) is 2. The Morgan fingerprint density at radius 3 is 2.00 bits per heavy atom. The van der Waals surface area contributed by atoms with Crippen LogP contribution in [-0.4, -0.2) is 11.4 Å². The predicted octanol–water partition coefficient (Wildman–Crippen LogP) is 9.55. The normalized spacial score (nSPS) is 13.8. The van der Waals surface area contributed by atoms with E-state index in [-0.39, 0.29) is 5.41 Å². The molecule has 0 bridgehead atoms. The highest BCUT2D eigenvalue weighted by Crippen LogP contribution is 2.55. The highest BCUT2D eigenvalue weighted by molar-refractivity contribution is 6.14. The van der Waals surface area contributed by atoms with Crippen molar-refractivity contribution >= 4 is 11.4 Å². The van der Waals surface area contributed by atoms with Crippen molar-refractivity contribution in [1.82, 2.24) is 0 Å². The SMILES string of the molecule is CC1(C)c2ccccc2-c2cc3c(cc21)Oc1ccc(-c2cccc(C(=N)/C=C\C(=N)c4ccccc4)c2)cc1O3. The van der Waals surface area contributed by atoms with Gasteiger partial charge in [0.1, 0.15) is 0 Å². The molecular formula is C37H28N2O2. The van der Waals surface area contributed by atoms with Crippen LogP contribution in [0.3, 0.4) is 0 Å². The van der Waals surface area contributed by atoms with Crippen LogP contribution in [-0.2, 0) is 5.41 Å². The van der Waals surface area contributed by atoms with Crippen LogP contribution < -0.4 is 9.47 Å². The summed E-state index contributed by atoms with van der Waals surface area (Å²) in [5, 5.41) is 16.9. The maximum atomic E-state index is 8.59. The molecule has 0 saturated heterocycles. The summed E-state index contributed by atoms with van der Waals surface area (Å²) in [6, 6.07) is 36.2. The summed E-state index contributed by atoms with van der Waals surface area (Å²) in [5.74, 6) is 2.79. The third kappa shape index (κ3) is 4.25. The van der Waals surface area contributed by atoms with Crippen LogP contribution in [0.25, 0.3) is 22.3 Å². The quantitative estimate of drug-likeness (QED) is 0.217. The molecule has 7 rings (SSSR count). The molecular weight excluding hydrogens is 504 g/mol. The van der Waals surface area contributed by atoms with E-state index in [1.54, 1.807) is 12.2 Å². The van der Waals surface area contributed by atoms with E-state index < -0.39 is 0 Å². The second kappa shape index (κ2) is 9.46. The highest BCUT2D eigenvalue weighted by atomic mass is 16.6. The molecule has 2 aliphatic rings. The zero-order chi connectivity index (χ0) is 28.1. The van der Waals surface area contributed by atoms with Crippen LogP contribution in [0.4, 0.5) is 0 Å². The Labute approximate surface area is 239 Å². The smallest absolute Gasteiger partial charge is 0.170 e. The number of rotatable bonds is 5. The van der Waals surface area contributed by atoms with Gasteiger partial charge in [0.15, 0.2) is 23.0 Å². The van der Waals surface area contributed by atoms with Gasteiger partial charge in [-0.2, -0.15) is 0 Å². The van der Waals surface area contributed by atoms with Crippen molar-refractivity contribution in [2.75, 3.05) is 0 Å². The molecule has 1 heterocycles. The predicted molar refractivity (Wildman–Crippen MR) is 165 cm³/mol. The Morgan fingerprint density at radius 2 is 1.17 bits per heavy atom. The van der Waals surface area contributed by atoms with Gasteiger partial charge in [-0.05, 0) is 87.0 Å². The first-order valence-corrected chi connectivity index (χ1v) is 13.7. The zero-order valence-corrected chi connectivity index (χ0v) is 22.9. The Balaban J connectivity index is 1.16. The lowest BCUT2D eigenvalue weighted by Crippen LogP contribution is -2.15. The third-order valence-corrected chi connectivity index (χ3v) is 8.04. The van der Waals surface area contributed by atoms with E-state index in [1.165, 1.54) is 22.3 Å². The summed E-state index contributed by atoms with van der Waals surface area (Å²) < 4.78 is 12.8. The van der Waals surface area contributed by atoms with Gasteiger partial charge in [-0.1, -0.05) is 92.7 Å². The van der Waals surface area contributed by atoms with Crippen molar-refractivity contribution in [2.45, 2.75) is 19.3 Å². The topological polar surface area (TPSA) is 66.2 Å². The highest BCUT2D eigenvalue weighted by Gasteiger charge is 2.37. The minimum atomic E-state index is -0.107. The molecule has 0 radical (unpaired) electrons. The summed E-state index contributed by atoms with van der Waals surface area (Å²) in [6.45, 7) is 4.51. The standard InChI is InChI=1S/C37H28N2O2/c1-37(2)29-14-7-6-13-27(29)28-21-35-36(22-30(28)37)40-33-18-15-25(20-34(33)41-35)24-11-8-12-26(19-24)32(39)17-16-31(38)23-9-4-3-5-10-23/h3-22,38-39H,1-2H3/b17-16-,38-31?,39-32?. The van der Waals surface area contributed by atoms with Crippen molar-refractivity contribution in [3.63, 3.8) is 0 Å². The van der Waals surface area contributed by atoms with Crippen LogP contribution in [0.1, 0.15) is 36.1 Å². The van der Waals surface area contributed by atoms with E-state index in [0.29, 0.717) is 28.7 Å². The van der Waals surface area contributed by atoms with E-state index in [2.05, 4.69) is 50.2 Å². The maximum absolute atomic E-state index is 8.59. The molecule has 1 aliphatic heterocycles. The molecule has 4 heteroatoms. The molecule has 0 atom stereocenters. The van der Waals surface area contributed by atoms with Gasteiger partial charge in [0.25, 0.3) is 0 Å². The first-order chi connectivity index (χ1) is 19.9. The minimum absolute atomic E-state index is 0.107. The van der Waals surface area contributed by atoms with E-state index in [1.807, 2.05) is 72.8 Å². The van der Waals surface area contributed by atoms with Crippen LogP contribution >= 0.6 is 0 Å². The Morgan fingerprint density at radius 1 is 0.537 bits per heavy atom. The van der Waals surface area contributed by atoms with Crippen LogP contribution in [0.2, 0.25) is 0 Å². The van der Waals surface area contributed by atoms with Crippen LogP contribution in [0.15, 0.2) is 121 Å². The van der Waals surface area contributed by atoms with Gasteiger partial charge in [-0.3, -0.25) is 0 Å². The van der Waals surface area contributed by atoms with Gasteiger partial charge >= 0.3 is 0 Å². The van der Waals surface area contributed by atoms with Crippen LogP contribution in [0.5, 0.6) is 23.0 Å². The van der Waals surface area contributed by atoms with Gasteiger partial charge < -0.3 is 20.3 Å². The minimum Gasteiger partial charge on any atom is -0.450 e. The summed E-state index contributed by atoms with van der Waals surface area (Å²) >= 11 is 0. The van der Waals surface area contributed by atoms with Crippen molar-refractivity contribution in [3.8, 4) is 45.3 Å². The fraction of sp³-hybridized carbons (Fsp3) is 0.0811. The second-order valence-corrected chi connectivity index (χ2v) is 11.0. The van der Waals surface area contributed by atoms with E-state index in [0.717, 1.165) is 28.0 Å². The molecule has 5 aromatic rings. The third-order valence-electron chi connectivity index (χ3n) is 8.04. The molecule has 5 aromatic carbocycles. The van der Waals surface area contributed by atoms with E-state index >= 15 is 0 Å². The molecule has 0 aromatic heterocycles. The molecule has 0 unspecified atom stereocenters. The second-order valence-electron chi connectivity index (χ2n) is 11.0. The monoisotopic (exact) mass is 532 g/mol. The lowest BCUT2D eigenvalue weighted by atomic mass is 9.82. The fourth-order valence-corrected chi connectivity index (χ4v) is 5.80. The number of allylic oxidation sites excluding steroid dienone is 2. The average molecular weight is 533 g/mol. The molecule has 198 valence electrons. The van der Waals surface area contributed by atoms with Gasteiger partial charge in [0.05, 0.1) is 11.4 Å². The van der Waals surface area contributed by atoms with Crippen molar-refractivity contribution < 1.29 is 9.47 Å². The molecule has 0 saturated carbocycles. The number of hydrogen-bond acceptors (Lipinski definition) is 4. The van der Waals surface area contributed by atoms with Crippen molar-refractivity contribution in [3.05, 3.63) is 144 Å². The van der Waals surface area contributed by atoms with E-state index in [4.69, 9.17) is 20.3 Å². The molecule has 2 N–H and O–H groups in total. The zero-order valence-electron chi connectivity index (χ0n) is 22.9. The maximum Gasteiger partial charge on any atom is 0.170 e. The Bertz CT molecular complexity index is 1900. The van der Waals surface area contributed by atoms with E-state index in [9.17, 15) is 0 Å². The lowest BCUT2D eigenvalue weighted by Gasteiger charge is -2.25. The number of nitrogens with one attached hydrogen (secondary N) is 2. The summed E-state index contributed by atoms with van der Waals surface area (Å²) in [4.78, 5) is 0. The number of fused-ring (bicyclic) bond motifs is 5. The molecule has 1 aliphatic carbocycles. The molecule has 0 fully saturated rings. The first-order valence-electron chi connectivity index (χ1n) is 13.7. The fourth-order valence-electron chi connectivity index (χ4n) is 5.80. The molecule has 41 heavy (non-hydrogen) atoms. The van der Waals surface area contributed by atoms with Crippen LogP contribution in [0, 0.1) is 10.8 Å². The summed E-state index contributed by atoms with van der Waals surface area (Å²) in [6.07, 6.45) is 3.34. The Kier molecular flexibility index (Phi) is 5.72. The molecule has 0 amide bonds. The Hall–Kier alpha value is -5.22. The van der Waals surface area contributed by atoms with Gasteiger partial charge in [-0.25, -0.2) is 0 Å². The average Bonchev–Trinajstić information content (AvgIpc) is 3.23. The first kappa shape index (κ1) is 24.8. The van der Waals surface area contributed by atoms with Crippen molar-refractivity contribution in [1.29, 1.82) is 10.8 Å². The number of benzene rings is 5. The largest absolute Gasteiger partial charge is 0.450 e.